The van der Waals surface area contributed by atoms with Crippen LogP contribution in [0.1, 0.15) is 42.9 Å². The lowest BCUT2D eigenvalue weighted by atomic mass is 9.93. The topological polar surface area (TPSA) is 40.5 Å². The lowest BCUT2D eigenvalue weighted by Gasteiger charge is -2.36. The fraction of sp³-hybridized carbons (Fsp3) is 0.611. The van der Waals surface area contributed by atoms with Crippen LogP contribution in [0.2, 0.25) is 0 Å². The molecule has 3 nitrogen and oxygen atoms in total. The molecule has 1 N–H and O–H groups in total. The Hall–Kier alpha value is -1.35. The molecule has 0 amide bonds. The molecule has 116 valence electrons. The van der Waals surface area contributed by atoms with Gasteiger partial charge in [-0.2, -0.15) is 0 Å². The van der Waals surface area contributed by atoms with Crippen molar-refractivity contribution >= 4 is 5.97 Å². The lowest BCUT2D eigenvalue weighted by molar-refractivity contribution is -0.138. The molecule has 1 aliphatic heterocycles. The normalized spacial score (nSPS) is 18.6. The number of likely N-dealkylation sites (tertiary alicyclic amines) is 1. The van der Waals surface area contributed by atoms with Crippen LogP contribution in [0.15, 0.2) is 18.2 Å². The number of carboxylic acid groups (broad SMARTS) is 1. The predicted molar refractivity (Wildman–Crippen MR) is 85.6 cm³/mol. The molecule has 1 heterocycles. The number of carboxylic acids is 1. The van der Waals surface area contributed by atoms with Crippen LogP contribution in [0.4, 0.5) is 0 Å². The van der Waals surface area contributed by atoms with Crippen molar-refractivity contribution < 1.29 is 9.90 Å². The van der Waals surface area contributed by atoms with Gasteiger partial charge >= 0.3 is 5.97 Å². The van der Waals surface area contributed by atoms with Crippen LogP contribution in [0, 0.1) is 19.8 Å². The first-order valence-electron chi connectivity index (χ1n) is 7.97. The molecule has 0 saturated carbocycles. The van der Waals surface area contributed by atoms with Crippen molar-refractivity contribution in [3.05, 3.63) is 34.9 Å². The Kier molecular flexibility index (Phi) is 5.40. The Morgan fingerprint density at radius 3 is 2.57 bits per heavy atom. The maximum absolute atomic E-state index is 11.2. The highest BCUT2D eigenvalue weighted by Crippen LogP contribution is 2.23. The van der Waals surface area contributed by atoms with Crippen LogP contribution >= 0.6 is 0 Å². The van der Waals surface area contributed by atoms with E-state index in [-0.39, 0.29) is 12.5 Å². The highest BCUT2D eigenvalue weighted by Gasteiger charge is 2.25. The number of nitrogens with zero attached hydrogens (tertiary/aromatic N) is 1. The first-order chi connectivity index (χ1) is 9.95. The van der Waals surface area contributed by atoms with Crippen molar-refractivity contribution in [2.24, 2.45) is 5.92 Å². The second kappa shape index (κ2) is 7.08. The van der Waals surface area contributed by atoms with Crippen LogP contribution in [-0.4, -0.2) is 35.1 Å². The summed E-state index contributed by atoms with van der Waals surface area (Å²) >= 11 is 0. The van der Waals surface area contributed by atoms with Gasteiger partial charge in [-0.1, -0.05) is 30.7 Å². The number of piperidine rings is 1. The fourth-order valence-electron chi connectivity index (χ4n) is 3.25. The van der Waals surface area contributed by atoms with Gasteiger partial charge in [-0.05, 0) is 63.2 Å². The summed E-state index contributed by atoms with van der Waals surface area (Å²) in [5, 5.41) is 9.23. The zero-order chi connectivity index (χ0) is 15.4. The second-order valence-electron chi connectivity index (χ2n) is 6.60. The van der Waals surface area contributed by atoms with Gasteiger partial charge < -0.3 is 5.11 Å². The number of carbonyl (C=O) groups is 1. The molecule has 1 aromatic rings. The van der Waals surface area contributed by atoms with E-state index in [1.807, 2.05) is 0 Å². The fourth-order valence-corrected chi connectivity index (χ4v) is 3.25. The number of hydrogen-bond acceptors (Lipinski definition) is 2. The minimum absolute atomic E-state index is 0.122. The van der Waals surface area contributed by atoms with Gasteiger partial charge in [0.1, 0.15) is 0 Å². The third-order valence-electron chi connectivity index (χ3n) is 4.70. The lowest BCUT2D eigenvalue weighted by Crippen LogP contribution is -2.43. The molecule has 1 aromatic carbocycles. The van der Waals surface area contributed by atoms with Gasteiger partial charge in [0.2, 0.25) is 0 Å². The molecule has 3 heteroatoms. The Balaban J connectivity index is 2.10. The second-order valence-corrected chi connectivity index (χ2v) is 6.60. The monoisotopic (exact) mass is 289 g/mol. The van der Waals surface area contributed by atoms with Gasteiger partial charge in [0.25, 0.3) is 0 Å². The van der Waals surface area contributed by atoms with E-state index in [9.17, 15) is 9.90 Å². The summed E-state index contributed by atoms with van der Waals surface area (Å²) in [5.74, 6) is 0.0798. The highest BCUT2D eigenvalue weighted by atomic mass is 16.4. The molecule has 0 spiro atoms. The van der Waals surface area contributed by atoms with Gasteiger partial charge in [0.05, 0.1) is 6.42 Å². The first-order valence-corrected chi connectivity index (χ1v) is 7.97. The summed E-state index contributed by atoms with van der Waals surface area (Å²) in [4.78, 5) is 13.6. The predicted octanol–water partition coefficient (Wildman–Crippen LogP) is 3.42. The van der Waals surface area contributed by atoms with E-state index in [0.29, 0.717) is 0 Å². The Bertz CT molecular complexity index is 490. The third kappa shape index (κ3) is 4.57. The molecule has 2 rings (SSSR count). The molecule has 0 radical (unpaired) electrons. The van der Waals surface area contributed by atoms with E-state index in [1.54, 1.807) is 0 Å². The van der Waals surface area contributed by atoms with Gasteiger partial charge in [0, 0.05) is 6.04 Å². The van der Waals surface area contributed by atoms with Crippen molar-refractivity contribution in [3.63, 3.8) is 0 Å². The third-order valence-corrected chi connectivity index (χ3v) is 4.70. The molecule has 1 saturated heterocycles. The maximum atomic E-state index is 11.2. The number of aliphatic carboxylic acids is 1. The van der Waals surface area contributed by atoms with E-state index in [2.05, 4.69) is 43.9 Å². The van der Waals surface area contributed by atoms with Crippen molar-refractivity contribution in [2.45, 2.75) is 52.5 Å². The summed E-state index contributed by atoms with van der Waals surface area (Å²) < 4.78 is 0. The van der Waals surface area contributed by atoms with E-state index >= 15 is 0 Å². The van der Waals surface area contributed by atoms with Gasteiger partial charge in [-0.3, -0.25) is 9.69 Å². The number of aryl methyl sites for hydroxylation is 2. The van der Waals surface area contributed by atoms with Crippen molar-refractivity contribution in [3.8, 4) is 0 Å². The Labute approximate surface area is 128 Å². The average molecular weight is 289 g/mol. The highest BCUT2D eigenvalue weighted by molar-refractivity contribution is 5.67. The minimum Gasteiger partial charge on any atom is -0.481 e. The van der Waals surface area contributed by atoms with Crippen LogP contribution in [-0.2, 0) is 11.2 Å². The molecule has 1 aliphatic rings. The molecule has 1 atom stereocenters. The molecule has 21 heavy (non-hydrogen) atoms. The van der Waals surface area contributed by atoms with Crippen molar-refractivity contribution in [1.29, 1.82) is 0 Å². The number of rotatable bonds is 5. The summed E-state index contributed by atoms with van der Waals surface area (Å²) in [5.41, 5.74) is 3.82. The number of hydrogen-bond donors (Lipinski definition) is 1. The Morgan fingerprint density at radius 2 is 2.00 bits per heavy atom. The quantitative estimate of drug-likeness (QED) is 0.903. The molecular formula is C18H27NO2. The minimum atomic E-state index is -0.691. The first kappa shape index (κ1) is 16.0. The van der Waals surface area contributed by atoms with Crippen molar-refractivity contribution in [2.75, 3.05) is 13.1 Å². The van der Waals surface area contributed by atoms with E-state index in [0.717, 1.165) is 25.4 Å². The van der Waals surface area contributed by atoms with Crippen LogP contribution < -0.4 is 0 Å². The van der Waals surface area contributed by atoms with Crippen molar-refractivity contribution in [1.82, 2.24) is 4.90 Å². The van der Waals surface area contributed by atoms with E-state index < -0.39 is 5.97 Å². The number of benzene rings is 1. The zero-order valence-electron chi connectivity index (χ0n) is 13.4. The molecule has 0 aliphatic carbocycles. The largest absolute Gasteiger partial charge is 0.481 e. The summed E-state index contributed by atoms with van der Waals surface area (Å²) in [7, 11) is 0. The van der Waals surface area contributed by atoms with Gasteiger partial charge in [-0.25, -0.2) is 0 Å². The van der Waals surface area contributed by atoms with Crippen LogP contribution in [0.5, 0.6) is 0 Å². The summed E-state index contributed by atoms with van der Waals surface area (Å²) in [6, 6.07) is 6.59. The molecule has 1 fully saturated rings. The van der Waals surface area contributed by atoms with E-state index in [1.165, 1.54) is 29.5 Å². The van der Waals surface area contributed by atoms with E-state index in [4.69, 9.17) is 0 Å². The standard InChI is InChI=1S/C18H27NO2/c1-13-6-8-19(9-7-13)17(12-18(20)21)11-16-5-4-14(2)10-15(16)3/h4-5,10,13,17H,6-9,11-12H2,1-3H3,(H,20,21). The molecule has 0 bridgehead atoms. The Morgan fingerprint density at radius 1 is 1.33 bits per heavy atom. The maximum Gasteiger partial charge on any atom is 0.304 e. The molecular weight excluding hydrogens is 262 g/mol. The van der Waals surface area contributed by atoms with Crippen LogP contribution in [0.25, 0.3) is 0 Å². The molecule has 1 unspecified atom stereocenters. The van der Waals surface area contributed by atoms with Gasteiger partial charge in [-0.15, -0.1) is 0 Å². The average Bonchev–Trinajstić information content (AvgIpc) is 2.41. The van der Waals surface area contributed by atoms with Crippen LogP contribution in [0.3, 0.4) is 0 Å². The SMILES string of the molecule is Cc1ccc(CC(CC(=O)O)N2CCC(C)CC2)c(C)c1. The summed E-state index contributed by atoms with van der Waals surface area (Å²) in [6.45, 7) is 8.57. The molecule has 0 aromatic heterocycles. The smallest absolute Gasteiger partial charge is 0.304 e. The zero-order valence-corrected chi connectivity index (χ0v) is 13.4. The van der Waals surface area contributed by atoms with Gasteiger partial charge in [0.15, 0.2) is 0 Å². The summed E-state index contributed by atoms with van der Waals surface area (Å²) in [6.07, 6.45) is 3.44.